The normalized spacial score (nSPS) is 10.8. The number of aromatic nitrogens is 1. The van der Waals surface area contributed by atoms with E-state index in [-0.39, 0.29) is 5.88 Å². The SMILES string of the molecule is COc1ccc(Cn2cc3cc(N)ccc3c2O)c(OC)c1. The minimum atomic E-state index is 0.216. The molecule has 3 aromatic rings. The van der Waals surface area contributed by atoms with Crippen molar-refractivity contribution < 1.29 is 14.6 Å². The van der Waals surface area contributed by atoms with E-state index in [2.05, 4.69) is 0 Å². The van der Waals surface area contributed by atoms with E-state index in [0.29, 0.717) is 12.2 Å². The second kappa shape index (κ2) is 5.52. The Kier molecular flexibility index (Phi) is 3.55. The van der Waals surface area contributed by atoms with Gasteiger partial charge in [-0.25, -0.2) is 0 Å². The van der Waals surface area contributed by atoms with Crippen molar-refractivity contribution in [2.75, 3.05) is 20.0 Å². The lowest BCUT2D eigenvalue weighted by atomic mass is 10.2. The van der Waals surface area contributed by atoms with E-state index in [9.17, 15) is 5.11 Å². The van der Waals surface area contributed by atoms with Gasteiger partial charge in [0.15, 0.2) is 5.88 Å². The molecule has 5 heteroatoms. The Bertz CT molecular complexity index is 824. The summed E-state index contributed by atoms with van der Waals surface area (Å²) in [5, 5.41) is 12.0. The molecular formula is C17H18N2O3. The largest absolute Gasteiger partial charge is 0.497 e. The predicted octanol–water partition coefficient (Wildman–Crippen LogP) is 2.99. The summed E-state index contributed by atoms with van der Waals surface area (Å²) in [6, 6.07) is 11.1. The fourth-order valence-corrected chi connectivity index (χ4v) is 2.56. The highest BCUT2D eigenvalue weighted by Gasteiger charge is 2.11. The first-order chi connectivity index (χ1) is 10.6. The van der Waals surface area contributed by atoms with E-state index in [4.69, 9.17) is 15.2 Å². The van der Waals surface area contributed by atoms with Crippen LogP contribution in [0.5, 0.6) is 17.4 Å². The smallest absolute Gasteiger partial charge is 0.199 e. The Morgan fingerprint density at radius 1 is 1.09 bits per heavy atom. The molecule has 0 saturated carbocycles. The standard InChI is InChI=1S/C17H18N2O3/c1-21-14-5-3-11(16(8-14)22-2)9-19-10-12-7-13(18)4-6-15(12)17(19)20/h3-8,10,20H,9,18H2,1-2H3. The van der Waals surface area contributed by atoms with Gasteiger partial charge in [0, 0.05) is 34.3 Å². The predicted molar refractivity (Wildman–Crippen MR) is 86.7 cm³/mol. The van der Waals surface area contributed by atoms with E-state index >= 15 is 0 Å². The molecule has 0 unspecified atom stereocenters. The highest BCUT2D eigenvalue weighted by molar-refractivity contribution is 5.90. The first-order valence-electron chi connectivity index (χ1n) is 6.90. The molecule has 0 aliphatic heterocycles. The number of nitrogen functional groups attached to an aromatic ring is 1. The van der Waals surface area contributed by atoms with Crippen molar-refractivity contribution >= 4 is 16.5 Å². The summed E-state index contributed by atoms with van der Waals surface area (Å²) >= 11 is 0. The number of nitrogens with zero attached hydrogens (tertiary/aromatic N) is 1. The van der Waals surface area contributed by atoms with Crippen LogP contribution in [-0.2, 0) is 6.54 Å². The van der Waals surface area contributed by atoms with Crippen LogP contribution in [0.1, 0.15) is 5.56 Å². The number of rotatable bonds is 4. The summed E-state index contributed by atoms with van der Waals surface area (Å²) in [5.74, 6) is 1.67. The summed E-state index contributed by atoms with van der Waals surface area (Å²) in [6.07, 6.45) is 1.88. The third-order valence-corrected chi connectivity index (χ3v) is 3.72. The van der Waals surface area contributed by atoms with Gasteiger partial charge >= 0.3 is 0 Å². The molecule has 3 N–H and O–H groups in total. The van der Waals surface area contributed by atoms with Gasteiger partial charge in [0.2, 0.25) is 0 Å². The number of hydrogen-bond donors (Lipinski definition) is 2. The maximum Gasteiger partial charge on any atom is 0.199 e. The average Bonchev–Trinajstić information content (AvgIpc) is 2.83. The second-order valence-electron chi connectivity index (χ2n) is 5.11. The lowest BCUT2D eigenvalue weighted by Gasteiger charge is -2.11. The van der Waals surface area contributed by atoms with Gasteiger partial charge in [0.05, 0.1) is 20.8 Å². The molecule has 2 aromatic carbocycles. The zero-order chi connectivity index (χ0) is 15.7. The topological polar surface area (TPSA) is 69.6 Å². The second-order valence-corrected chi connectivity index (χ2v) is 5.11. The van der Waals surface area contributed by atoms with E-state index in [1.165, 1.54) is 0 Å². The van der Waals surface area contributed by atoms with Crippen molar-refractivity contribution in [1.82, 2.24) is 4.57 Å². The van der Waals surface area contributed by atoms with Gasteiger partial charge in [0.1, 0.15) is 11.5 Å². The van der Waals surface area contributed by atoms with Crippen LogP contribution in [0.4, 0.5) is 5.69 Å². The molecule has 0 aliphatic rings. The van der Waals surface area contributed by atoms with Crippen LogP contribution in [0, 0.1) is 0 Å². The van der Waals surface area contributed by atoms with Crippen molar-refractivity contribution in [3.05, 3.63) is 48.2 Å². The number of methoxy groups -OCH3 is 2. The van der Waals surface area contributed by atoms with E-state index in [1.807, 2.05) is 36.5 Å². The van der Waals surface area contributed by atoms with Crippen molar-refractivity contribution in [3.8, 4) is 17.4 Å². The fourth-order valence-electron chi connectivity index (χ4n) is 2.56. The van der Waals surface area contributed by atoms with Crippen molar-refractivity contribution in [2.24, 2.45) is 0 Å². The molecule has 1 heterocycles. The van der Waals surface area contributed by atoms with Crippen LogP contribution < -0.4 is 15.2 Å². The highest BCUT2D eigenvalue weighted by Crippen LogP contribution is 2.31. The first kappa shape index (κ1) is 14.1. The molecule has 0 fully saturated rings. The van der Waals surface area contributed by atoms with Crippen LogP contribution in [0.25, 0.3) is 10.8 Å². The highest BCUT2D eigenvalue weighted by atomic mass is 16.5. The van der Waals surface area contributed by atoms with Crippen molar-refractivity contribution in [1.29, 1.82) is 0 Å². The minimum Gasteiger partial charge on any atom is -0.497 e. The third kappa shape index (κ3) is 2.41. The Labute approximate surface area is 128 Å². The average molecular weight is 298 g/mol. The van der Waals surface area contributed by atoms with E-state index in [0.717, 1.165) is 27.8 Å². The lowest BCUT2D eigenvalue weighted by Crippen LogP contribution is -2.00. The van der Waals surface area contributed by atoms with Gasteiger partial charge in [-0.1, -0.05) is 0 Å². The fraction of sp³-hybridized carbons (Fsp3) is 0.176. The van der Waals surface area contributed by atoms with E-state index < -0.39 is 0 Å². The molecule has 1 aromatic heterocycles. The number of hydrogen-bond acceptors (Lipinski definition) is 4. The number of nitrogens with two attached hydrogens (primary N) is 1. The number of fused-ring (bicyclic) bond motifs is 1. The molecule has 3 rings (SSSR count). The molecule has 0 amide bonds. The van der Waals surface area contributed by atoms with E-state index in [1.54, 1.807) is 24.9 Å². The summed E-state index contributed by atoms with van der Waals surface area (Å²) in [5.41, 5.74) is 7.41. The van der Waals surface area contributed by atoms with Crippen LogP contribution in [0.3, 0.4) is 0 Å². The number of ether oxygens (including phenoxy) is 2. The molecule has 0 atom stereocenters. The van der Waals surface area contributed by atoms with Crippen LogP contribution >= 0.6 is 0 Å². The zero-order valence-electron chi connectivity index (χ0n) is 12.5. The number of anilines is 1. The molecule has 0 bridgehead atoms. The van der Waals surface area contributed by atoms with Gasteiger partial charge in [-0.15, -0.1) is 0 Å². The maximum absolute atomic E-state index is 10.4. The molecule has 5 nitrogen and oxygen atoms in total. The van der Waals surface area contributed by atoms with Crippen molar-refractivity contribution in [3.63, 3.8) is 0 Å². The van der Waals surface area contributed by atoms with Crippen LogP contribution in [0.15, 0.2) is 42.6 Å². The van der Waals surface area contributed by atoms with Crippen LogP contribution in [-0.4, -0.2) is 23.9 Å². The number of benzene rings is 2. The summed E-state index contributed by atoms with van der Waals surface area (Å²) in [4.78, 5) is 0. The Balaban J connectivity index is 2.01. The zero-order valence-corrected chi connectivity index (χ0v) is 12.5. The lowest BCUT2D eigenvalue weighted by molar-refractivity contribution is 0.387. The van der Waals surface area contributed by atoms with Gasteiger partial charge < -0.3 is 24.9 Å². The van der Waals surface area contributed by atoms with Crippen molar-refractivity contribution in [2.45, 2.75) is 6.54 Å². The minimum absolute atomic E-state index is 0.216. The molecule has 114 valence electrons. The van der Waals surface area contributed by atoms with Gasteiger partial charge in [0.25, 0.3) is 0 Å². The number of aromatic hydroxyl groups is 1. The molecule has 0 spiro atoms. The van der Waals surface area contributed by atoms with Gasteiger partial charge in [-0.2, -0.15) is 0 Å². The Morgan fingerprint density at radius 3 is 2.64 bits per heavy atom. The van der Waals surface area contributed by atoms with Gasteiger partial charge in [-0.3, -0.25) is 0 Å². The monoisotopic (exact) mass is 298 g/mol. The molecule has 0 saturated heterocycles. The summed E-state index contributed by atoms with van der Waals surface area (Å²) < 4.78 is 12.4. The maximum atomic E-state index is 10.4. The molecule has 0 aliphatic carbocycles. The molecule has 0 radical (unpaired) electrons. The quantitative estimate of drug-likeness (QED) is 0.726. The summed E-state index contributed by atoms with van der Waals surface area (Å²) in [6.45, 7) is 0.494. The van der Waals surface area contributed by atoms with Gasteiger partial charge in [-0.05, 0) is 30.3 Å². The Morgan fingerprint density at radius 2 is 1.91 bits per heavy atom. The Hall–Kier alpha value is -2.82. The molecule has 22 heavy (non-hydrogen) atoms. The first-order valence-corrected chi connectivity index (χ1v) is 6.90. The van der Waals surface area contributed by atoms with Crippen LogP contribution in [0.2, 0.25) is 0 Å². The third-order valence-electron chi connectivity index (χ3n) is 3.72. The molecular weight excluding hydrogens is 280 g/mol. The summed E-state index contributed by atoms with van der Waals surface area (Å²) in [7, 11) is 3.23.